The minimum Gasteiger partial charge on any atom is -0.306 e. The van der Waals surface area contributed by atoms with Gasteiger partial charge in [-0.15, -0.1) is 6.58 Å². The van der Waals surface area contributed by atoms with Gasteiger partial charge in [0.05, 0.1) is 5.69 Å². The summed E-state index contributed by atoms with van der Waals surface area (Å²) in [7, 11) is 0. The first-order chi connectivity index (χ1) is 9.04. The summed E-state index contributed by atoms with van der Waals surface area (Å²) in [5.74, 6) is 0. The number of hydrogen-bond acceptors (Lipinski definition) is 2. The molecule has 98 valence electrons. The molecule has 0 bridgehead atoms. The van der Waals surface area contributed by atoms with Crippen molar-refractivity contribution < 1.29 is 0 Å². The summed E-state index contributed by atoms with van der Waals surface area (Å²) in [5.41, 5.74) is 1.66. The van der Waals surface area contributed by atoms with Crippen LogP contribution in [0, 0.1) is 13.8 Å². The Morgan fingerprint density at radius 3 is 2.58 bits per heavy atom. The molecule has 0 aliphatic rings. The Bertz CT molecular complexity index is 739. The Morgan fingerprint density at radius 2 is 1.89 bits per heavy atom. The van der Waals surface area contributed by atoms with Gasteiger partial charge >= 0.3 is 11.1 Å². The van der Waals surface area contributed by atoms with Crippen LogP contribution < -0.4 is 11.1 Å². The van der Waals surface area contributed by atoms with Gasteiger partial charge in [-0.3, -0.25) is 14.2 Å². The Kier molecular flexibility index (Phi) is 3.51. The van der Waals surface area contributed by atoms with Crippen LogP contribution in [0.2, 0.25) is 0 Å². The van der Waals surface area contributed by atoms with E-state index < -0.39 is 11.1 Å². The first kappa shape index (κ1) is 13.1. The second-order valence-electron chi connectivity index (χ2n) is 4.51. The molecule has 0 saturated carbocycles. The van der Waals surface area contributed by atoms with Crippen molar-refractivity contribution in [2.45, 2.75) is 20.4 Å². The largest absolute Gasteiger partial charge is 0.320 e. The summed E-state index contributed by atoms with van der Waals surface area (Å²) in [5, 5.41) is 0. The van der Waals surface area contributed by atoms with Crippen molar-refractivity contribution >= 4 is 0 Å². The van der Waals surface area contributed by atoms with E-state index in [0.717, 1.165) is 16.8 Å². The van der Waals surface area contributed by atoms with E-state index in [-0.39, 0.29) is 0 Å². The molecule has 0 aliphatic carbocycles. The molecular weight excluding hydrogens is 240 g/mol. The molecule has 0 unspecified atom stereocenters. The number of nitrogens with zero attached hydrogens (tertiary/aromatic N) is 2. The fraction of sp³-hybridized carbons (Fsp3) is 0.200. The predicted molar refractivity (Wildman–Crippen MR) is 76.0 cm³/mol. The molecule has 0 fully saturated rings. The Balaban J connectivity index is 2.68. The van der Waals surface area contributed by atoms with Gasteiger partial charge in [0, 0.05) is 18.9 Å². The van der Waals surface area contributed by atoms with E-state index in [9.17, 15) is 9.59 Å². The van der Waals surface area contributed by atoms with Crippen molar-refractivity contribution in [3.05, 3.63) is 75.1 Å². The van der Waals surface area contributed by atoms with Gasteiger partial charge in [-0.05, 0) is 31.0 Å². The molecule has 4 heteroatoms. The molecule has 0 spiro atoms. The SMILES string of the molecule is C=CCn1ccn(-c2cc(C)ccc2C)c(=O)c1=O. The lowest BCUT2D eigenvalue weighted by Crippen LogP contribution is -2.39. The van der Waals surface area contributed by atoms with E-state index in [0.29, 0.717) is 6.54 Å². The molecule has 1 aromatic carbocycles. The normalized spacial score (nSPS) is 10.4. The summed E-state index contributed by atoms with van der Waals surface area (Å²) in [6, 6.07) is 5.81. The maximum atomic E-state index is 12.1. The molecular formula is C15H16N2O2. The monoisotopic (exact) mass is 256 g/mol. The third kappa shape index (κ3) is 2.42. The number of aryl methyl sites for hydroxylation is 2. The highest BCUT2D eigenvalue weighted by Gasteiger charge is 2.08. The van der Waals surface area contributed by atoms with Crippen LogP contribution in [0.1, 0.15) is 11.1 Å². The number of allylic oxidation sites excluding steroid dienone is 1. The lowest BCUT2D eigenvalue weighted by atomic mass is 10.1. The molecule has 0 saturated heterocycles. The van der Waals surface area contributed by atoms with Crippen LogP contribution in [0.4, 0.5) is 0 Å². The van der Waals surface area contributed by atoms with Gasteiger partial charge in [-0.1, -0.05) is 18.2 Å². The standard InChI is InChI=1S/C15H16N2O2/c1-4-7-16-8-9-17(15(19)14(16)18)13-10-11(2)5-6-12(13)3/h4-6,8-10H,1,7H2,2-3H3. The maximum Gasteiger partial charge on any atom is 0.320 e. The molecule has 0 atom stereocenters. The van der Waals surface area contributed by atoms with Crippen molar-refractivity contribution in [2.24, 2.45) is 0 Å². The van der Waals surface area contributed by atoms with Gasteiger partial charge in [0.2, 0.25) is 0 Å². The van der Waals surface area contributed by atoms with E-state index in [4.69, 9.17) is 0 Å². The molecule has 0 amide bonds. The second-order valence-corrected chi connectivity index (χ2v) is 4.51. The van der Waals surface area contributed by atoms with E-state index >= 15 is 0 Å². The Hall–Kier alpha value is -2.36. The Labute approximate surface area is 111 Å². The zero-order valence-electron chi connectivity index (χ0n) is 11.1. The average Bonchev–Trinajstić information content (AvgIpc) is 2.39. The molecule has 0 aliphatic heterocycles. The fourth-order valence-electron chi connectivity index (χ4n) is 1.96. The lowest BCUT2D eigenvalue weighted by molar-refractivity contribution is 0.732. The van der Waals surface area contributed by atoms with Gasteiger partial charge in [-0.2, -0.15) is 0 Å². The first-order valence-electron chi connectivity index (χ1n) is 6.05. The second kappa shape index (κ2) is 5.10. The van der Waals surface area contributed by atoms with Crippen molar-refractivity contribution in [3.63, 3.8) is 0 Å². The summed E-state index contributed by atoms with van der Waals surface area (Å²) in [6.45, 7) is 7.76. The third-order valence-corrected chi connectivity index (χ3v) is 3.01. The van der Waals surface area contributed by atoms with Crippen LogP contribution in [0.15, 0.2) is 52.8 Å². The van der Waals surface area contributed by atoms with E-state index in [1.54, 1.807) is 18.5 Å². The Morgan fingerprint density at radius 1 is 1.16 bits per heavy atom. The van der Waals surface area contributed by atoms with Gasteiger partial charge in [-0.25, -0.2) is 0 Å². The molecule has 2 aromatic rings. The van der Waals surface area contributed by atoms with E-state index in [2.05, 4.69) is 6.58 Å². The summed E-state index contributed by atoms with van der Waals surface area (Å²) in [4.78, 5) is 24.1. The molecule has 0 N–H and O–H groups in total. The number of hydrogen-bond donors (Lipinski definition) is 0. The number of benzene rings is 1. The third-order valence-electron chi connectivity index (χ3n) is 3.01. The van der Waals surface area contributed by atoms with Gasteiger partial charge in [0.25, 0.3) is 0 Å². The maximum absolute atomic E-state index is 12.1. The van der Waals surface area contributed by atoms with E-state index in [1.807, 2.05) is 32.0 Å². The molecule has 2 rings (SSSR count). The first-order valence-corrected chi connectivity index (χ1v) is 6.05. The van der Waals surface area contributed by atoms with E-state index in [1.165, 1.54) is 9.13 Å². The zero-order valence-corrected chi connectivity index (χ0v) is 11.1. The molecule has 19 heavy (non-hydrogen) atoms. The van der Waals surface area contributed by atoms with Crippen LogP contribution in [0.3, 0.4) is 0 Å². The predicted octanol–water partition coefficient (Wildman–Crippen LogP) is 1.80. The van der Waals surface area contributed by atoms with Crippen LogP contribution in [-0.2, 0) is 6.54 Å². The number of rotatable bonds is 3. The number of aromatic nitrogens is 2. The van der Waals surface area contributed by atoms with Gasteiger partial charge in [0.15, 0.2) is 0 Å². The lowest BCUT2D eigenvalue weighted by Gasteiger charge is -2.11. The molecule has 0 radical (unpaired) electrons. The van der Waals surface area contributed by atoms with Crippen LogP contribution in [-0.4, -0.2) is 9.13 Å². The van der Waals surface area contributed by atoms with Gasteiger partial charge < -0.3 is 4.57 Å². The summed E-state index contributed by atoms with van der Waals surface area (Å²) < 4.78 is 2.74. The molecule has 1 heterocycles. The topological polar surface area (TPSA) is 44.0 Å². The van der Waals surface area contributed by atoms with Crippen molar-refractivity contribution in [1.82, 2.24) is 9.13 Å². The van der Waals surface area contributed by atoms with Crippen LogP contribution in [0.5, 0.6) is 0 Å². The highest BCUT2D eigenvalue weighted by Crippen LogP contribution is 2.13. The fourth-order valence-corrected chi connectivity index (χ4v) is 1.96. The highest BCUT2D eigenvalue weighted by molar-refractivity contribution is 5.42. The average molecular weight is 256 g/mol. The van der Waals surface area contributed by atoms with Crippen molar-refractivity contribution in [2.75, 3.05) is 0 Å². The summed E-state index contributed by atoms with van der Waals surface area (Å²) >= 11 is 0. The highest BCUT2D eigenvalue weighted by atomic mass is 16.2. The minimum absolute atomic E-state index is 0.335. The zero-order chi connectivity index (χ0) is 14.0. The van der Waals surface area contributed by atoms with Crippen LogP contribution in [0.25, 0.3) is 5.69 Å². The van der Waals surface area contributed by atoms with Crippen LogP contribution >= 0.6 is 0 Å². The summed E-state index contributed by atoms with van der Waals surface area (Å²) in [6.07, 6.45) is 4.81. The molecule has 4 nitrogen and oxygen atoms in total. The minimum atomic E-state index is -0.543. The molecule has 1 aromatic heterocycles. The van der Waals surface area contributed by atoms with Gasteiger partial charge in [0.1, 0.15) is 0 Å². The van der Waals surface area contributed by atoms with Crippen molar-refractivity contribution in [1.29, 1.82) is 0 Å². The smallest absolute Gasteiger partial charge is 0.306 e. The quantitative estimate of drug-likeness (QED) is 0.621. The van der Waals surface area contributed by atoms with Crippen molar-refractivity contribution in [3.8, 4) is 5.69 Å².